The van der Waals surface area contributed by atoms with Crippen molar-refractivity contribution in [3.63, 3.8) is 0 Å². The zero-order valence-electron chi connectivity index (χ0n) is 10.1. The Morgan fingerprint density at radius 1 is 1.50 bits per heavy atom. The lowest BCUT2D eigenvalue weighted by atomic mass is 10.1. The van der Waals surface area contributed by atoms with Crippen LogP contribution in [0.25, 0.3) is 0 Å². The number of amides is 1. The molecular weight excluding hydrogens is 260 g/mol. The molecule has 98 valence electrons. The summed E-state index contributed by atoms with van der Waals surface area (Å²) in [4.78, 5) is 33.1. The van der Waals surface area contributed by atoms with Crippen LogP contribution in [0, 0.1) is 10.1 Å². The van der Waals surface area contributed by atoms with Gasteiger partial charge in [-0.2, -0.15) is 0 Å². The number of thiophene rings is 1. The van der Waals surface area contributed by atoms with Crippen LogP contribution in [0.4, 0.5) is 5.00 Å². The number of hydrogen-bond acceptors (Lipinski definition) is 6. The highest BCUT2D eigenvalue weighted by molar-refractivity contribution is 7.13. The van der Waals surface area contributed by atoms with Gasteiger partial charge in [-0.3, -0.25) is 14.9 Å². The van der Waals surface area contributed by atoms with Gasteiger partial charge in [-0.15, -0.1) is 0 Å². The first-order valence-corrected chi connectivity index (χ1v) is 5.79. The third-order valence-corrected chi connectivity index (χ3v) is 3.03. The summed E-state index contributed by atoms with van der Waals surface area (Å²) in [6, 6.07) is 1.16. The minimum Gasteiger partial charge on any atom is -0.467 e. The average Bonchev–Trinajstić information content (AvgIpc) is 2.76. The van der Waals surface area contributed by atoms with Crippen molar-refractivity contribution >= 4 is 28.2 Å². The number of rotatable bonds is 4. The summed E-state index contributed by atoms with van der Waals surface area (Å²) in [5, 5.41) is 14.2. The molecule has 1 N–H and O–H groups in total. The quantitative estimate of drug-likeness (QED) is 0.506. The Labute approximate surface area is 107 Å². The summed E-state index contributed by atoms with van der Waals surface area (Å²) in [7, 11) is 1.21. The molecule has 0 spiro atoms. The molecule has 0 aliphatic heterocycles. The van der Waals surface area contributed by atoms with Crippen LogP contribution in [0.1, 0.15) is 24.2 Å². The van der Waals surface area contributed by atoms with Crippen molar-refractivity contribution in [1.82, 2.24) is 5.32 Å². The summed E-state index contributed by atoms with van der Waals surface area (Å²) >= 11 is 0.850. The number of carbonyl (C=O) groups excluding carboxylic acids is 2. The molecule has 0 fully saturated rings. The molecule has 1 aromatic rings. The van der Waals surface area contributed by atoms with E-state index in [1.165, 1.54) is 26.3 Å². The predicted octanol–water partition coefficient (Wildman–Crippen LogP) is 1.34. The molecule has 1 rings (SSSR count). The van der Waals surface area contributed by atoms with Crippen LogP contribution in [0.3, 0.4) is 0 Å². The van der Waals surface area contributed by atoms with Crippen molar-refractivity contribution in [2.24, 2.45) is 0 Å². The van der Waals surface area contributed by atoms with Gasteiger partial charge in [-0.05, 0) is 13.8 Å². The van der Waals surface area contributed by atoms with Crippen molar-refractivity contribution in [3.8, 4) is 0 Å². The first-order valence-electron chi connectivity index (χ1n) is 4.92. The van der Waals surface area contributed by atoms with E-state index < -0.39 is 22.3 Å². The zero-order chi connectivity index (χ0) is 13.9. The summed E-state index contributed by atoms with van der Waals surface area (Å²) in [5.74, 6) is -1.16. The van der Waals surface area contributed by atoms with E-state index in [2.05, 4.69) is 10.1 Å². The number of carbonyl (C=O) groups is 2. The third kappa shape index (κ3) is 3.04. The molecule has 8 heteroatoms. The number of ether oxygens (including phenoxy) is 1. The molecule has 7 nitrogen and oxygen atoms in total. The van der Waals surface area contributed by atoms with Crippen LogP contribution in [0.5, 0.6) is 0 Å². The van der Waals surface area contributed by atoms with Crippen LogP contribution >= 0.6 is 11.3 Å². The topological polar surface area (TPSA) is 98.5 Å². The fraction of sp³-hybridized carbons (Fsp3) is 0.400. The maximum Gasteiger partial charge on any atom is 0.330 e. The average molecular weight is 272 g/mol. The van der Waals surface area contributed by atoms with Crippen molar-refractivity contribution < 1.29 is 19.2 Å². The van der Waals surface area contributed by atoms with Gasteiger partial charge in [-0.1, -0.05) is 11.3 Å². The van der Waals surface area contributed by atoms with E-state index in [9.17, 15) is 19.7 Å². The first-order chi connectivity index (χ1) is 8.27. The summed E-state index contributed by atoms with van der Waals surface area (Å²) in [6.07, 6.45) is 0. The highest BCUT2D eigenvalue weighted by Gasteiger charge is 2.31. The fourth-order valence-electron chi connectivity index (χ4n) is 1.20. The Morgan fingerprint density at radius 3 is 2.56 bits per heavy atom. The van der Waals surface area contributed by atoms with Gasteiger partial charge in [0.1, 0.15) is 5.54 Å². The van der Waals surface area contributed by atoms with E-state index in [1.54, 1.807) is 0 Å². The predicted molar refractivity (Wildman–Crippen MR) is 64.5 cm³/mol. The van der Waals surface area contributed by atoms with E-state index in [4.69, 9.17) is 0 Å². The molecule has 1 heterocycles. The fourth-order valence-corrected chi connectivity index (χ4v) is 1.91. The second-order valence-corrected chi connectivity index (χ2v) is 4.89. The van der Waals surface area contributed by atoms with Gasteiger partial charge in [0.25, 0.3) is 5.91 Å². The lowest BCUT2D eigenvalue weighted by Gasteiger charge is -2.22. The number of esters is 1. The normalized spacial score (nSPS) is 10.8. The highest BCUT2D eigenvalue weighted by atomic mass is 32.1. The van der Waals surface area contributed by atoms with Crippen molar-refractivity contribution in [2.45, 2.75) is 19.4 Å². The van der Waals surface area contributed by atoms with Gasteiger partial charge >= 0.3 is 11.0 Å². The monoisotopic (exact) mass is 272 g/mol. The molecule has 0 bridgehead atoms. The molecule has 1 aromatic heterocycles. The maximum absolute atomic E-state index is 11.8. The Hall–Kier alpha value is -1.96. The van der Waals surface area contributed by atoms with E-state index >= 15 is 0 Å². The Morgan fingerprint density at radius 2 is 2.11 bits per heavy atom. The second kappa shape index (κ2) is 5.13. The Balaban J connectivity index is 2.82. The summed E-state index contributed by atoms with van der Waals surface area (Å²) in [5.41, 5.74) is -1.05. The van der Waals surface area contributed by atoms with E-state index in [-0.39, 0.29) is 10.6 Å². The van der Waals surface area contributed by atoms with E-state index in [0.29, 0.717) is 0 Å². The Kier molecular flexibility index (Phi) is 4.02. The maximum atomic E-state index is 11.8. The second-order valence-electron chi connectivity index (χ2n) is 4.00. The summed E-state index contributed by atoms with van der Waals surface area (Å²) in [6.45, 7) is 2.97. The molecular formula is C10H12N2O5S. The van der Waals surface area contributed by atoms with Crippen molar-refractivity contribution in [2.75, 3.05) is 7.11 Å². The molecule has 0 aliphatic carbocycles. The van der Waals surface area contributed by atoms with Crippen LogP contribution in [0.15, 0.2) is 11.4 Å². The van der Waals surface area contributed by atoms with Gasteiger partial charge in [0.05, 0.1) is 17.6 Å². The third-order valence-electron chi connectivity index (χ3n) is 2.15. The molecule has 0 radical (unpaired) electrons. The number of nitro groups is 1. The van der Waals surface area contributed by atoms with E-state index in [1.807, 2.05) is 0 Å². The van der Waals surface area contributed by atoms with Gasteiger partial charge in [0.15, 0.2) is 0 Å². The number of nitrogens with one attached hydrogen (secondary N) is 1. The molecule has 0 aliphatic rings. The molecule has 0 unspecified atom stereocenters. The molecule has 1 amide bonds. The molecule has 0 saturated carbocycles. The molecule has 18 heavy (non-hydrogen) atoms. The molecule has 0 saturated heterocycles. The SMILES string of the molecule is COC(=O)C(C)(C)NC(=O)c1csc([N+](=O)[O-])c1. The van der Waals surface area contributed by atoms with E-state index in [0.717, 1.165) is 17.4 Å². The number of hydrogen-bond donors (Lipinski definition) is 1. The van der Waals surface area contributed by atoms with Gasteiger partial charge in [-0.25, -0.2) is 4.79 Å². The smallest absolute Gasteiger partial charge is 0.330 e. The number of methoxy groups -OCH3 is 1. The lowest BCUT2D eigenvalue weighted by Crippen LogP contribution is -2.50. The molecule has 0 aromatic carbocycles. The minimum absolute atomic E-state index is 0.129. The molecule has 0 atom stereocenters. The Bertz CT molecular complexity index is 494. The zero-order valence-corrected chi connectivity index (χ0v) is 10.9. The standard InChI is InChI=1S/C10H12N2O5S/c1-10(2,9(14)17-3)11-8(13)6-4-7(12(15)16)18-5-6/h4-5H,1-3H3,(H,11,13). The van der Waals surface area contributed by atoms with Gasteiger partial charge in [0.2, 0.25) is 0 Å². The van der Waals surface area contributed by atoms with Crippen LogP contribution in [0.2, 0.25) is 0 Å². The van der Waals surface area contributed by atoms with Crippen LogP contribution in [-0.4, -0.2) is 29.4 Å². The van der Waals surface area contributed by atoms with Crippen LogP contribution < -0.4 is 5.32 Å². The lowest BCUT2D eigenvalue weighted by molar-refractivity contribution is -0.380. The van der Waals surface area contributed by atoms with Crippen molar-refractivity contribution in [3.05, 3.63) is 27.1 Å². The minimum atomic E-state index is -1.19. The van der Waals surface area contributed by atoms with Gasteiger partial charge < -0.3 is 10.1 Å². The van der Waals surface area contributed by atoms with Crippen molar-refractivity contribution in [1.29, 1.82) is 0 Å². The first kappa shape index (κ1) is 14.1. The number of nitrogens with zero attached hydrogens (tertiary/aromatic N) is 1. The van der Waals surface area contributed by atoms with Crippen LogP contribution in [-0.2, 0) is 9.53 Å². The van der Waals surface area contributed by atoms with Gasteiger partial charge in [0, 0.05) is 11.4 Å². The largest absolute Gasteiger partial charge is 0.467 e. The summed E-state index contributed by atoms with van der Waals surface area (Å²) < 4.78 is 4.54. The highest BCUT2D eigenvalue weighted by Crippen LogP contribution is 2.22.